The molecule has 190 valence electrons. The third kappa shape index (κ3) is 6.18. The summed E-state index contributed by atoms with van der Waals surface area (Å²) in [4.78, 5) is 21.2. The highest BCUT2D eigenvalue weighted by Crippen LogP contribution is 2.32. The molecule has 3 aromatic carbocycles. The molecule has 0 aliphatic heterocycles. The lowest BCUT2D eigenvalue weighted by Crippen LogP contribution is -2.24. The summed E-state index contributed by atoms with van der Waals surface area (Å²) in [5.41, 5.74) is 11.5. The number of nitrogens with two attached hydrogens (primary N) is 1. The Morgan fingerprint density at radius 1 is 1.08 bits per heavy atom. The number of hydrogen-bond acceptors (Lipinski definition) is 5. The van der Waals surface area contributed by atoms with Gasteiger partial charge in [-0.15, -0.1) is 11.3 Å². The Kier molecular flexibility index (Phi) is 8.25. The number of aromatic nitrogens is 1. The third-order valence-corrected chi connectivity index (χ3v) is 6.82. The molecule has 4 aromatic rings. The summed E-state index contributed by atoms with van der Waals surface area (Å²) in [7, 11) is 1.43. The van der Waals surface area contributed by atoms with Crippen molar-refractivity contribution in [3.05, 3.63) is 111 Å². The van der Waals surface area contributed by atoms with E-state index < -0.39 is 11.6 Å². The van der Waals surface area contributed by atoms with Gasteiger partial charge in [-0.05, 0) is 77.9 Å². The fourth-order valence-electron chi connectivity index (χ4n) is 4.21. The molecule has 0 spiro atoms. The summed E-state index contributed by atoms with van der Waals surface area (Å²) in [5, 5.41) is 8.72. The Balaban J connectivity index is 0.000000586. The first-order valence-corrected chi connectivity index (χ1v) is 12.4. The summed E-state index contributed by atoms with van der Waals surface area (Å²) in [6, 6.07) is 14.6. The zero-order valence-corrected chi connectivity index (χ0v) is 21.2. The van der Waals surface area contributed by atoms with E-state index in [4.69, 9.17) is 5.73 Å². The maximum Gasteiger partial charge on any atom is 0.251 e. The Labute approximate surface area is 217 Å². The van der Waals surface area contributed by atoms with Crippen LogP contribution >= 0.6 is 11.3 Å². The van der Waals surface area contributed by atoms with Gasteiger partial charge in [0, 0.05) is 34.8 Å². The van der Waals surface area contributed by atoms with Crippen LogP contribution in [0.1, 0.15) is 43.7 Å². The van der Waals surface area contributed by atoms with Crippen LogP contribution in [0.4, 0.5) is 8.78 Å². The highest BCUT2D eigenvalue weighted by molar-refractivity contribution is 7.13. The van der Waals surface area contributed by atoms with Crippen LogP contribution in [-0.4, -0.2) is 24.3 Å². The van der Waals surface area contributed by atoms with Crippen molar-refractivity contribution in [2.75, 3.05) is 7.11 Å². The molecule has 0 saturated carbocycles. The second-order valence-electron chi connectivity index (χ2n) is 8.48. The molecule has 0 atom stereocenters. The molecule has 0 unspecified atom stereocenters. The van der Waals surface area contributed by atoms with Crippen molar-refractivity contribution in [1.29, 1.82) is 0 Å². The summed E-state index contributed by atoms with van der Waals surface area (Å²) in [6.07, 6.45) is 4.42. The lowest BCUT2D eigenvalue weighted by atomic mass is 9.84. The highest BCUT2D eigenvalue weighted by Gasteiger charge is 2.19. The van der Waals surface area contributed by atoms with Gasteiger partial charge in [0.2, 0.25) is 0 Å². The maximum absolute atomic E-state index is 14.1. The van der Waals surface area contributed by atoms with E-state index >= 15 is 0 Å². The van der Waals surface area contributed by atoms with Crippen molar-refractivity contribution < 1.29 is 18.4 Å². The van der Waals surface area contributed by atoms with Gasteiger partial charge in [-0.2, -0.15) is 0 Å². The van der Waals surface area contributed by atoms with E-state index in [1.54, 1.807) is 30.5 Å². The molecule has 1 aliphatic carbocycles. The molecular formula is C28H26F2N4O2S. The molecule has 37 heavy (non-hydrogen) atoms. The van der Waals surface area contributed by atoms with Crippen LogP contribution < -0.4 is 11.1 Å². The van der Waals surface area contributed by atoms with Crippen LogP contribution in [0, 0.1) is 18.6 Å². The number of carbonyl (C=O) groups is 1. The number of amides is 1. The van der Waals surface area contributed by atoms with Gasteiger partial charge in [-0.25, -0.2) is 13.8 Å². The number of halogens is 2. The summed E-state index contributed by atoms with van der Waals surface area (Å²) in [5.74, 6) is -1.66. The van der Waals surface area contributed by atoms with E-state index in [-0.39, 0.29) is 18.0 Å². The van der Waals surface area contributed by atoms with Crippen molar-refractivity contribution in [1.82, 2.24) is 10.3 Å². The summed E-state index contributed by atoms with van der Waals surface area (Å²) < 4.78 is 28.1. The normalized spacial score (nSPS) is 11.8. The van der Waals surface area contributed by atoms with E-state index in [1.807, 2.05) is 17.5 Å². The van der Waals surface area contributed by atoms with Crippen LogP contribution in [0.3, 0.4) is 0 Å². The minimum absolute atomic E-state index is 0.134. The van der Waals surface area contributed by atoms with Crippen LogP contribution in [-0.2, 0) is 24.2 Å². The van der Waals surface area contributed by atoms with Gasteiger partial charge in [0.05, 0.1) is 0 Å². The van der Waals surface area contributed by atoms with Crippen LogP contribution in [0.5, 0.6) is 0 Å². The van der Waals surface area contributed by atoms with Gasteiger partial charge in [-0.1, -0.05) is 23.4 Å². The average molecular weight is 521 g/mol. The fourth-order valence-corrected chi connectivity index (χ4v) is 4.84. The lowest BCUT2D eigenvalue weighted by Gasteiger charge is -2.21. The number of carbonyl (C=O) groups excluding carboxylic acids is 1. The molecule has 0 bridgehead atoms. The quantitative estimate of drug-likeness (QED) is 0.186. The molecule has 9 heteroatoms. The molecule has 1 aliphatic rings. The van der Waals surface area contributed by atoms with Gasteiger partial charge >= 0.3 is 0 Å². The predicted molar refractivity (Wildman–Crippen MR) is 142 cm³/mol. The second-order valence-corrected chi connectivity index (χ2v) is 9.38. The number of oxime groups is 1. The van der Waals surface area contributed by atoms with E-state index in [0.717, 1.165) is 35.3 Å². The van der Waals surface area contributed by atoms with Crippen molar-refractivity contribution in [2.45, 2.75) is 26.3 Å². The molecule has 6 nitrogen and oxygen atoms in total. The topological polar surface area (TPSA) is 89.6 Å². The zero-order valence-electron chi connectivity index (χ0n) is 20.4. The average Bonchev–Trinajstić information content (AvgIpc) is 3.42. The molecule has 3 N–H and O–H groups in total. The molecule has 0 fully saturated rings. The number of rotatable bonds is 5. The number of nitrogens with one attached hydrogen (secondary N) is 1. The fraction of sp³-hybridized carbons (Fsp3) is 0.179. The zero-order chi connectivity index (χ0) is 26.4. The molecule has 0 radical (unpaired) electrons. The van der Waals surface area contributed by atoms with Crippen molar-refractivity contribution >= 4 is 23.6 Å². The maximum atomic E-state index is 14.1. The third-order valence-electron chi connectivity index (χ3n) is 5.99. The molecule has 1 aromatic heterocycles. The lowest BCUT2D eigenvalue weighted by molar-refractivity contribution is 0.0950. The largest absolute Gasteiger partial charge is 0.398 e. The number of nitrogens with zero attached hydrogens (tertiary/aromatic N) is 2. The molecule has 5 rings (SSSR count). The first-order chi connectivity index (χ1) is 17.9. The number of aryl methyl sites for hydroxylation is 1. The van der Waals surface area contributed by atoms with Gasteiger partial charge in [0.1, 0.15) is 30.1 Å². The van der Waals surface area contributed by atoms with Crippen LogP contribution in [0.2, 0.25) is 0 Å². The first-order valence-electron chi connectivity index (χ1n) is 11.5. The number of hydrogen-bond donors (Lipinski definition) is 2. The molecule has 1 heterocycles. The van der Waals surface area contributed by atoms with E-state index in [9.17, 15) is 13.6 Å². The summed E-state index contributed by atoms with van der Waals surface area (Å²) >= 11 is 1.61. The molecule has 1 amide bonds. The van der Waals surface area contributed by atoms with Crippen molar-refractivity contribution in [3.8, 4) is 10.6 Å². The first kappa shape index (κ1) is 26.0. The Bertz CT molecular complexity index is 1420. The minimum Gasteiger partial charge on any atom is -0.398 e. The number of benzene rings is 3. The monoisotopic (exact) mass is 520 g/mol. The predicted octanol–water partition coefficient (Wildman–Crippen LogP) is 5.36. The smallest absolute Gasteiger partial charge is 0.251 e. The van der Waals surface area contributed by atoms with Gasteiger partial charge < -0.3 is 15.9 Å². The Morgan fingerprint density at radius 2 is 1.76 bits per heavy atom. The van der Waals surface area contributed by atoms with Crippen molar-refractivity contribution in [3.63, 3.8) is 0 Å². The van der Waals surface area contributed by atoms with Crippen molar-refractivity contribution in [2.24, 2.45) is 10.9 Å². The highest BCUT2D eigenvalue weighted by atomic mass is 32.1. The van der Waals surface area contributed by atoms with Gasteiger partial charge in [0.25, 0.3) is 5.91 Å². The van der Waals surface area contributed by atoms with E-state index in [1.165, 1.54) is 35.9 Å². The Hall–Kier alpha value is -4.11. The molecular weight excluding hydrogens is 494 g/mol. The molecule has 0 saturated heterocycles. The minimum atomic E-state index is -0.652. The summed E-state index contributed by atoms with van der Waals surface area (Å²) in [6.45, 7) is 1.42. The van der Waals surface area contributed by atoms with Crippen LogP contribution in [0.25, 0.3) is 10.6 Å². The number of thiazole rings is 1. The second kappa shape index (κ2) is 11.7. The SMILES string of the molecule is CO/N=C/N.Cc1cc(F)c(CNC(=O)c2ccc3c(c2)Cc2cc(-c4nccs4)ccc2C3)c(F)c1. The van der Waals surface area contributed by atoms with E-state index in [0.29, 0.717) is 11.1 Å². The standard InChI is InChI=1S/C26H20F2N2OS.C2H6N2O/c1-15-8-23(27)22(24(28)9-15)14-30-25(31)18-4-2-16-10-17-3-5-19(26-29-6-7-32-26)12-21(17)13-20(16)11-18;1-5-4-2-3/h2-9,11-12H,10,13-14H2,1H3,(H,30,31);2H,1H3,(H2,3,4). The number of fused-ring (bicyclic) bond motifs is 2. The van der Waals surface area contributed by atoms with E-state index in [2.05, 4.69) is 38.5 Å². The van der Waals surface area contributed by atoms with Gasteiger partial charge in [0.15, 0.2) is 0 Å². The van der Waals surface area contributed by atoms with Crippen LogP contribution in [0.15, 0.2) is 65.3 Å². The Morgan fingerprint density at radius 3 is 2.38 bits per heavy atom. The van der Waals surface area contributed by atoms with Gasteiger partial charge in [-0.3, -0.25) is 4.79 Å².